The minimum absolute atomic E-state index is 0.140. The molecule has 1 atom stereocenters. The zero-order valence-electron chi connectivity index (χ0n) is 7.21. The Morgan fingerprint density at radius 3 is 2.40 bits per heavy atom. The van der Waals surface area contributed by atoms with Crippen LogP contribution in [0.1, 0.15) is 0 Å². The lowest BCUT2D eigenvalue weighted by Gasteiger charge is -2.42. The number of fused-ring (bicyclic) bond motifs is 1. The summed E-state index contributed by atoms with van der Waals surface area (Å²) in [6.45, 7) is 0. The van der Waals surface area contributed by atoms with Gasteiger partial charge in [-0.25, -0.2) is 0 Å². The van der Waals surface area contributed by atoms with Crippen molar-refractivity contribution < 1.29 is 19.4 Å². The Morgan fingerprint density at radius 1 is 1.13 bits per heavy atom. The van der Waals surface area contributed by atoms with E-state index in [4.69, 9.17) is 0 Å². The van der Waals surface area contributed by atoms with Gasteiger partial charge in [0.2, 0.25) is 0 Å². The zero-order chi connectivity index (χ0) is 11.4. The van der Waals surface area contributed by atoms with Gasteiger partial charge in [0.15, 0.2) is 0 Å². The van der Waals surface area contributed by atoms with Crippen LogP contribution >= 0.6 is 10.2 Å². The van der Waals surface area contributed by atoms with E-state index in [1.807, 2.05) is 0 Å². The molecular formula is C8H6F5NS. The van der Waals surface area contributed by atoms with Crippen molar-refractivity contribution in [1.29, 1.82) is 0 Å². The van der Waals surface area contributed by atoms with Gasteiger partial charge in [0.25, 0.3) is 0 Å². The van der Waals surface area contributed by atoms with Crippen LogP contribution in [-0.4, -0.2) is 12.3 Å². The predicted molar refractivity (Wildman–Crippen MR) is 50.7 cm³/mol. The summed E-state index contributed by atoms with van der Waals surface area (Å²) < 4.78 is 61.9. The summed E-state index contributed by atoms with van der Waals surface area (Å²) in [5.74, 6) is 0. The molecule has 0 bridgehead atoms. The molecule has 0 radical (unpaired) electrons. The second kappa shape index (κ2) is 2.18. The monoisotopic (exact) mass is 243 g/mol. The highest BCUT2D eigenvalue weighted by Gasteiger charge is 2.66. The molecule has 0 saturated carbocycles. The van der Waals surface area contributed by atoms with Gasteiger partial charge >= 0.3 is 10.2 Å². The SMILES string of the molecule is FS(F)(F)(F)(F)C1=CC2=CC=N[C@H]2C=C1. The number of halogens is 5. The maximum absolute atomic E-state index is 12.4. The molecule has 0 aromatic rings. The van der Waals surface area contributed by atoms with Gasteiger partial charge < -0.3 is 0 Å². The average molecular weight is 243 g/mol. The molecule has 2 aliphatic rings. The molecule has 0 spiro atoms. The maximum atomic E-state index is 12.4. The lowest BCUT2D eigenvalue weighted by Crippen LogP contribution is -2.13. The van der Waals surface area contributed by atoms with Gasteiger partial charge in [-0.3, -0.25) is 4.99 Å². The third kappa shape index (κ3) is 1.97. The van der Waals surface area contributed by atoms with E-state index in [1.54, 1.807) is 0 Å². The van der Waals surface area contributed by atoms with Crippen molar-refractivity contribution in [2.24, 2.45) is 4.99 Å². The molecule has 0 unspecified atom stereocenters. The fraction of sp³-hybridized carbons (Fsp3) is 0.125. The molecule has 1 aliphatic carbocycles. The maximum Gasteiger partial charge on any atom is 0.310 e. The van der Waals surface area contributed by atoms with E-state index < -0.39 is 21.2 Å². The van der Waals surface area contributed by atoms with Crippen LogP contribution in [0.15, 0.2) is 39.8 Å². The number of hydrogen-bond acceptors (Lipinski definition) is 1. The molecule has 0 aromatic carbocycles. The minimum Gasteiger partial charge on any atom is -0.281 e. The van der Waals surface area contributed by atoms with E-state index in [2.05, 4.69) is 4.99 Å². The number of allylic oxidation sites excluding steroid dienone is 2. The summed E-state index contributed by atoms with van der Waals surface area (Å²) in [6.07, 6.45) is 4.46. The summed E-state index contributed by atoms with van der Waals surface area (Å²) in [7, 11) is -9.54. The Balaban J connectivity index is 2.49. The van der Waals surface area contributed by atoms with Crippen LogP contribution in [0.5, 0.6) is 0 Å². The van der Waals surface area contributed by atoms with Crippen LogP contribution in [0.3, 0.4) is 0 Å². The van der Waals surface area contributed by atoms with E-state index in [1.165, 1.54) is 12.3 Å². The Morgan fingerprint density at radius 2 is 1.80 bits per heavy atom. The number of rotatable bonds is 1. The van der Waals surface area contributed by atoms with Gasteiger partial charge in [-0.05, 0) is 23.8 Å². The quantitative estimate of drug-likeness (QED) is 0.614. The summed E-state index contributed by atoms with van der Waals surface area (Å²) in [6, 6.07) is -0.548. The molecule has 7 heteroatoms. The van der Waals surface area contributed by atoms with Crippen molar-refractivity contribution in [2.45, 2.75) is 6.04 Å². The van der Waals surface area contributed by atoms with E-state index in [-0.39, 0.29) is 5.57 Å². The molecular weight excluding hydrogens is 237 g/mol. The second-order valence-corrected chi connectivity index (χ2v) is 5.69. The third-order valence-electron chi connectivity index (χ3n) is 2.05. The minimum atomic E-state index is -9.54. The predicted octanol–water partition coefficient (Wildman–Crippen LogP) is 4.12. The Bertz CT molecular complexity index is 439. The van der Waals surface area contributed by atoms with E-state index in [9.17, 15) is 19.4 Å². The summed E-state index contributed by atoms with van der Waals surface area (Å²) in [4.78, 5) is 1.91. The van der Waals surface area contributed by atoms with E-state index in [0.717, 1.165) is 6.08 Å². The third-order valence-corrected chi connectivity index (χ3v) is 3.20. The Labute approximate surface area is 82.4 Å². The topological polar surface area (TPSA) is 12.4 Å². The van der Waals surface area contributed by atoms with Gasteiger partial charge in [0.1, 0.15) is 4.91 Å². The van der Waals surface area contributed by atoms with Crippen LogP contribution in [0.4, 0.5) is 19.4 Å². The zero-order valence-corrected chi connectivity index (χ0v) is 8.03. The molecule has 1 heterocycles. The van der Waals surface area contributed by atoms with Crippen molar-refractivity contribution in [3.63, 3.8) is 0 Å². The van der Waals surface area contributed by atoms with Crippen LogP contribution in [0.2, 0.25) is 0 Å². The van der Waals surface area contributed by atoms with Gasteiger partial charge in [-0.15, -0.1) is 0 Å². The van der Waals surface area contributed by atoms with Crippen molar-refractivity contribution in [3.8, 4) is 0 Å². The fourth-order valence-electron chi connectivity index (χ4n) is 1.34. The Hall–Kier alpha value is -1.11. The lowest BCUT2D eigenvalue weighted by molar-refractivity contribution is 0.380. The first-order valence-electron chi connectivity index (χ1n) is 3.94. The molecule has 0 fully saturated rings. The van der Waals surface area contributed by atoms with Crippen molar-refractivity contribution in [2.75, 3.05) is 0 Å². The van der Waals surface area contributed by atoms with Gasteiger partial charge in [0, 0.05) is 6.21 Å². The van der Waals surface area contributed by atoms with Crippen LogP contribution in [0.25, 0.3) is 0 Å². The van der Waals surface area contributed by atoms with Gasteiger partial charge in [-0.2, -0.15) is 0 Å². The van der Waals surface area contributed by atoms with Gasteiger partial charge in [-0.1, -0.05) is 25.5 Å². The number of hydrogen-bond donors (Lipinski definition) is 0. The first-order valence-corrected chi connectivity index (χ1v) is 5.89. The van der Waals surface area contributed by atoms with E-state index in [0.29, 0.717) is 12.2 Å². The number of nitrogens with zero attached hydrogens (tertiary/aromatic N) is 1. The molecule has 1 aliphatic heterocycles. The van der Waals surface area contributed by atoms with Crippen molar-refractivity contribution in [3.05, 3.63) is 34.8 Å². The normalized spacial score (nSPS) is 29.0. The second-order valence-electron chi connectivity index (χ2n) is 3.28. The van der Waals surface area contributed by atoms with Gasteiger partial charge in [0.05, 0.1) is 6.04 Å². The number of aliphatic imine (C=N–C) groups is 1. The van der Waals surface area contributed by atoms with E-state index >= 15 is 0 Å². The first-order chi connectivity index (χ1) is 6.56. The standard InChI is InChI=1S/C8H6F5NS/c9-15(10,11,12,13)7-1-2-8-6(5-7)3-4-14-8/h1-5,8H/t8-/m0/s1. The molecule has 0 saturated heterocycles. The summed E-state index contributed by atoms with van der Waals surface area (Å²) in [5, 5.41) is 0. The molecule has 15 heavy (non-hydrogen) atoms. The summed E-state index contributed by atoms with van der Waals surface area (Å²) in [5.41, 5.74) is 0.140. The molecule has 0 N–H and O–H groups in total. The highest BCUT2D eigenvalue weighted by molar-refractivity contribution is 8.48. The molecule has 1 nitrogen and oxygen atoms in total. The largest absolute Gasteiger partial charge is 0.310 e. The van der Waals surface area contributed by atoms with Crippen LogP contribution in [0, 0.1) is 0 Å². The first kappa shape index (κ1) is 10.4. The molecule has 0 amide bonds. The molecule has 2 rings (SSSR count). The Kier molecular flexibility index (Phi) is 1.52. The molecule has 0 aromatic heterocycles. The fourth-order valence-corrected chi connectivity index (χ4v) is 2.03. The lowest BCUT2D eigenvalue weighted by atomic mass is 10.0. The summed E-state index contributed by atoms with van der Waals surface area (Å²) >= 11 is 0. The van der Waals surface area contributed by atoms with Crippen molar-refractivity contribution >= 4 is 16.4 Å². The van der Waals surface area contributed by atoms with Crippen LogP contribution < -0.4 is 0 Å². The highest BCUT2D eigenvalue weighted by atomic mass is 32.5. The van der Waals surface area contributed by atoms with Crippen molar-refractivity contribution in [1.82, 2.24) is 0 Å². The van der Waals surface area contributed by atoms with Crippen LogP contribution in [-0.2, 0) is 0 Å². The molecule has 84 valence electrons. The highest BCUT2D eigenvalue weighted by Crippen LogP contribution is 3.02. The smallest absolute Gasteiger partial charge is 0.281 e. The average Bonchev–Trinajstić information content (AvgIpc) is 2.45.